The van der Waals surface area contributed by atoms with E-state index in [-0.39, 0.29) is 18.4 Å². The number of carbonyl (C=O) groups is 1. The first kappa shape index (κ1) is 26.9. The molecule has 36 heavy (non-hydrogen) atoms. The topological polar surface area (TPSA) is 72.9 Å². The second kappa shape index (κ2) is 11.5. The summed E-state index contributed by atoms with van der Waals surface area (Å²) in [5, 5.41) is -0.632. The van der Waals surface area contributed by atoms with E-state index in [1.165, 1.54) is 10.4 Å². The van der Waals surface area contributed by atoms with Gasteiger partial charge in [0, 0.05) is 51.5 Å². The lowest BCUT2D eigenvalue weighted by Gasteiger charge is -2.38. The van der Waals surface area contributed by atoms with Crippen molar-refractivity contribution >= 4 is 15.8 Å². The lowest BCUT2D eigenvalue weighted by atomic mass is 9.69. The molecule has 0 N–H and O–H groups in total. The molecule has 8 heteroatoms. The summed E-state index contributed by atoms with van der Waals surface area (Å²) in [5.74, 6) is -0.403. The maximum absolute atomic E-state index is 15.5. The molecule has 0 saturated carbocycles. The van der Waals surface area contributed by atoms with Crippen molar-refractivity contribution in [1.82, 2.24) is 4.31 Å². The first-order chi connectivity index (χ1) is 17.3. The van der Waals surface area contributed by atoms with E-state index in [0.717, 1.165) is 5.56 Å². The molecule has 2 heterocycles. The van der Waals surface area contributed by atoms with E-state index < -0.39 is 26.5 Å². The first-order valence-electron chi connectivity index (χ1n) is 12.7. The Balaban J connectivity index is 1.59. The zero-order valence-electron chi connectivity index (χ0n) is 21.1. The van der Waals surface area contributed by atoms with Gasteiger partial charge in [0.05, 0.1) is 5.41 Å². The fraction of sp³-hybridized carbons (Fsp3) is 0.536. The molecule has 6 nitrogen and oxygen atoms in total. The van der Waals surface area contributed by atoms with Gasteiger partial charge in [0.15, 0.2) is 0 Å². The Hall–Kier alpha value is -2.13. The molecule has 2 aliphatic heterocycles. The highest BCUT2D eigenvalue weighted by Crippen LogP contribution is 2.40. The van der Waals surface area contributed by atoms with Crippen LogP contribution >= 0.6 is 0 Å². The Labute approximate surface area is 213 Å². The zero-order valence-corrected chi connectivity index (χ0v) is 21.9. The Kier molecular flexibility index (Phi) is 8.60. The Bertz CT molecular complexity index is 1150. The summed E-state index contributed by atoms with van der Waals surface area (Å²) in [6.45, 7) is 3.24. The van der Waals surface area contributed by atoms with E-state index in [0.29, 0.717) is 69.5 Å². The number of ketones is 1. The van der Waals surface area contributed by atoms with Crippen LogP contribution in [0.1, 0.15) is 67.4 Å². The predicted molar refractivity (Wildman–Crippen MR) is 137 cm³/mol. The van der Waals surface area contributed by atoms with Crippen LogP contribution in [0.4, 0.5) is 4.39 Å². The highest BCUT2D eigenvalue weighted by atomic mass is 32.2. The summed E-state index contributed by atoms with van der Waals surface area (Å²) in [6.07, 6.45) is 3.24. The van der Waals surface area contributed by atoms with E-state index >= 15 is 4.39 Å². The normalized spacial score (nSPS) is 23.9. The number of hydrogen-bond acceptors (Lipinski definition) is 5. The van der Waals surface area contributed by atoms with Crippen LogP contribution in [0.25, 0.3) is 0 Å². The number of nitrogens with zero attached hydrogens (tertiary/aromatic N) is 1. The molecule has 2 saturated heterocycles. The first-order valence-corrected chi connectivity index (χ1v) is 14.2. The van der Waals surface area contributed by atoms with Gasteiger partial charge in [0.2, 0.25) is 10.0 Å². The van der Waals surface area contributed by atoms with Crippen molar-refractivity contribution in [3.8, 4) is 0 Å². The molecular formula is C28H36FNO5S. The Morgan fingerprint density at radius 3 is 2.53 bits per heavy atom. The van der Waals surface area contributed by atoms with Gasteiger partial charge in [-0.1, -0.05) is 42.5 Å². The van der Waals surface area contributed by atoms with Crippen LogP contribution in [-0.2, 0) is 36.3 Å². The molecule has 2 atom stereocenters. The molecule has 0 bridgehead atoms. The molecule has 4 rings (SSSR count). The number of carbonyl (C=O) groups excluding carboxylic acids is 1. The van der Waals surface area contributed by atoms with Crippen molar-refractivity contribution < 1.29 is 27.1 Å². The maximum Gasteiger partial charge on any atom is 0.221 e. The van der Waals surface area contributed by atoms with Gasteiger partial charge in [-0.3, -0.25) is 4.79 Å². The SMILES string of the molecule is COCCCC(=O)C1(c2ccc(CN3[C@@H](C)CC[C@H](c4ccccc4)S3(=O)=O)c(F)c2)CCOCC1. The molecular weight excluding hydrogens is 481 g/mol. The van der Waals surface area contributed by atoms with Crippen molar-refractivity contribution in [2.45, 2.75) is 68.7 Å². The predicted octanol–water partition coefficient (Wildman–Crippen LogP) is 4.93. The number of halogens is 1. The molecule has 0 amide bonds. The number of Topliss-reactive ketones (excluding diaryl/α,β-unsaturated/α-hetero) is 1. The fourth-order valence-corrected chi connectivity index (χ4v) is 7.75. The Morgan fingerprint density at radius 1 is 1.14 bits per heavy atom. The number of ether oxygens (including phenoxy) is 2. The summed E-state index contributed by atoms with van der Waals surface area (Å²) in [6, 6.07) is 13.9. The van der Waals surface area contributed by atoms with Crippen LogP contribution in [0.3, 0.4) is 0 Å². The van der Waals surface area contributed by atoms with Gasteiger partial charge in [-0.05, 0) is 56.2 Å². The molecule has 0 radical (unpaired) electrons. The van der Waals surface area contributed by atoms with Crippen LogP contribution in [0, 0.1) is 5.82 Å². The summed E-state index contributed by atoms with van der Waals surface area (Å²) >= 11 is 0. The van der Waals surface area contributed by atoms with Crippen LogP contribution in [0.15, 0.2) is 48.5 Å². The highest BCUT2D eigenvalue weighted by Gasteiger charge is 2.43. The average Bonchev–Trinajstić information content (AvgIpc) is 2.88. The van der Waals surface area contributed by atoms with Crippen LogP contribution in [-0.4, -0.2) is 51.5 Å². The summed E-state index contributed by atoms with van der Waals surface area (Å²) in [4.78, 5) is 13.3. The smallest absolute Gasteiger partial charge is 0.221 e. The van der Waals surface area contributed by atoms with Gasteiger partial charge in [0.25, 0.3) is 0 Å². The zero-order chi connectivity index (χ0) is 25.8. The van der Waals surface area contributed by atoms with Gasteiger partial charge in [-0.15, -0.1) is 0 Å². The van der Waals surface area contributed by atoms with Crippen molar-refractivity contribution in [2.75, 3.05) is 26.9 Å². The minimum atomic E-state index is -3.67. The minimum absolute atomic E-state index is 0.0309. The number of sulfonamides is 1. The lowest BCUT2D eigenvalue weighted by molar-refractivity contribution is -0.128. The lowest BCUT2D eigenvalue weighted by Crippen LogP contribution is -2.45. The summed E-state index contributed by atoms with van der Waals surface area (Å²) in [7, 11) is -2.06. The van der Waals surface area contributed by atoms with E-state index in [1.807, 2.05) is 37.3 Å². The second-order valence-corrected chi connectivity index (χ2v) is 12.0. The van der Waals surface area contributed by atoms with Gasteiger partial charge in [0.1, 0.15) is 16.9 Å². The second-order valence-electron chi connectivity index (χ2n) is 9.94. The molecule has 196 valence electrons. The van der Waals surface area contributed by atoms with E-state index in [1.54, 1.807) is 19.2 Å². The molecule has 0 spiro atoms. The number of hydrogen-bond donors (Lipinski definition) is 0. The monoisotopic (exact) mass is 517 g/mol. The van der Waals surface area contributed by atoms with Crippen molar-refractivity contribution in [1.29, 1.82) is 0 Å². The van der Waals surface area contributed by atoms with Gasteiger partial charge in [-0.2, -0.15) is 4.31 Å². The fourth-order valence-electron chi connectivity index (χ4n) is 5.56. The summed E-state index contributed by atoms with van der Waals surface area (Å²) in [5.41, 5.74) is 0.940. The standard InChI is InChI=1S/C28H36FNO5S/c1-21-10-13-26(22-7-4-3-5-8-22)36(32,33)30(21)20-23-11-12-24(19-25(23)29)28(14-17-35-18-15-28)27(31)9-6-16-34-2/h3-5,7-8,11-12,19,21,26H,6,9-10,13-18,20H2,1-2H3/t21-,26+/m0/s1. The number of benzene rings is 2. The molecule has 2 aromatic rings. The van der Waals surface area contributed by atoms with E-state index in [2.05, 4.69) is 0 Å². The minimum Gasteiger partial charge on any atom is -0.385 e. The quantitative estimate of drug-likeness (QED) is 0.441. The third-order valence-electron chi connectivity index (χ3n) is 7.76. The van der Waals surface area contributed by atoms with Crippen molar-refractivity contribution in [3.63, 3.8) is 0 Å². The Morgan fingerprint density at radius 2 is 1.86 bits per heavy atom. The molecule has 2 aliphatic rings. The van der Waals surface area contributed by atoms with Crippen molar-refractivity contribution in [3.05, 3.63) is 71.0 Å². The van der Waals surface area contributed by atoms with Gasteiger partial charge < -0.3 is 9.47 Å². The largest absolute Gasteiger partial charge is 0.385 e. The molecule has 2 fully saturated rings. The summed E-state index contributed by atoms with van der Waals surface area (Å²) < 4.78 is 54.7. The molecule has 0 unspecified atom stereocenters. The van der Waals surface area contributed by atoms with Gasteiger partial charge >= 0.3 is 0 Å². The highest BCUT2D eigenvalue weighted by molar-refractivity contribution is 7.89. The third kappa shape index (κ3) is 5.42. The molecule has 0 aromatic heterocycles. The third-order valence-corrected chi connectivity index (χ3v) is 10.1. The van der Waals surface area contributed by atoms with Gasteiger partial charge in [-0.25, -0.2) is 12.8 Å². The maximum atomic E-state index is 15.5. The van der Waals surface area contributed by atoms with Crippen LogP contribution < -0.4 is 0 Å². The number of methoxy groups -OCH3 is 1. The molecule has 0 aliphatic carbocycles. The van der Waals surface area contributed by atoms with Crippen LogP contribution in [0.5, 0.6) is 0 Å². The number of rotatable bonds is 9. The van der Waals surface area contributed by atoms with Crippen LogP contribution in [0.2, 0.25) is 0 Å². The molecule has 2 aromatic carbocycles. The average molecular weight is 518 g/mol. The van der Waals surface area contributed by atoms with Crippen molar-refractivity contribution in [2.24, 2.45) is 0 Å². The van der Waals surface area contributed by atoms with E-state index in [4.69, 9.17) is 9.47 Å². The van der Waals surface area contributed by atoms with E-state index in [9.17, 15) is 13.2 Å².